The van der Waals surface area contributed by atoms with Crippen LogP contribution < -0.4 is 5.32 Å². The van der Waals surface area contributed by atoms with Gasteiger partial charge >= 0.3 is 6.09 Å². The fraction of sp³-hybridized carbons (Fsp3) is 0.611. The average molecular weight is 304 g/mol. The topological polar surface area (TPSA) is 41.6 Å². The van der Waals surface area contributed by atoms with Crippen molar-refractivity contribution in [1.29, 1.82) is 0 Å². The normalized spacial score (nSPS) is 15.1. The molecule has 22 heavy (non-hydrogen) atoms. The van der Waals surface area contributed by atoms with E-state index in [0.29, 0.717) is 6.54 Å². The Bertz CT molecular complexity index is 504. The predicted octanol–water partition coefficient (Wildman–Crippen LogP) is 4.27. The van der Waals surface area contributed by atoms with Crippen LogP contribution in [0, 0.1) is 5.92 Å². The van der Waals surface area contributed by atoms with Crippen LogP contribution in [0.4, 0.5) is 10.5 Å². The molecule has 2 rings (SSSR count). The van der Waals surface area contributed by atoms with Crippen molar-refractivity contribution < 1.29 is 9.53 Å². The molecule has 0 atom stereocenters. The molecular weight excluding hydrogens is 276 g/mol. The van der Waals surface area contributed by atoms with Crippen LogP contribution in [0.5, 0.6) is 0 Å². The van der Waals surface area contributed by atoms with Crippen LogP contribution >= 0.6 is 0 Å². The Kier molecular flexibility index (Phi) is 5.33. The summed E-state index contributed by atoms with van der Waals surface area (Å²) in [4.78, 5) is 13.6. The first-order valence-corrected chi connectivity index (χ1v) is 8.10. The Hall–Kier alpha value is -1.71. The summed E-state index contributed by atoms with van der Waals surface area (Å²) in [7, 11) is 1.77. The number of nitrogens with zero attached hydrogens (tertiary/aromatic N) is 1. The molecule has 1 N–H and O–H groups in total. The third-order valence-corrected chi connectivity index (χ3v) is 3.87. The van der Waals surface area contributed by atoms with Gasteiger partial charge < -0.3 is 15.0 Å². The van der Waals surface area contributed by atoms with Crippen LogP contribution in [-0.2, 0) is 11.3 Å². The van der Waals surface area contributed by atoms with E-state index in [0.717, 1.165) is 23.7 Å². The molecular formula is C18H28N2O2. The molecule has 1 aromatic rings. The van der Waals surface area contributed by atoms with Gasteiger partial charge in [-0.15, -0.1) is 0 Å². The summed E-state index contributed by atoms with van der Waals surface area (Å²) < 4.78 is 5.37. The first-order chi connectivity index (χ1) is 10.3. The van der Waals surface area contributed by atoms with E-state index in [1.165, 1.54) is 19.3 Å². The highest BCUT2D eigenvalue weighted by atomic mass is 16.6. The summed E-state index contributed by atoms with van der Waals surface area (Å²) >= 11 is 0. The number of rotatable bonds is 5. The van der Waals surface area contributed by atoms with Gasteiger partial charge in [-0.3, -0.25) is 0 Å². The molecule has 4 heteroatoms. The predicted molar refractivity (Wildman–Crippen MR) is 90.0 cm³/mol. The van der Waals surface area contributed by atoms with Gasteiger partial charge in [0.2, 0.25) is 0 Å². The Morgan fingerprint density at radius 1 is 1.36 bits per heavy atom. The highest BCUT2D eigenvalue weighted by Crippen LogP contribution is 2.26. The number of hydrogen-bond acceptors (Lipinski definition) is 3. The third-order valence-electron chi connectivity index (χ3n) is 3.87. The van der Waals surface area contributed by atoms with E-state index in [9.17, 15) is 4.79 Å². The molecule has 1 saturated carbocycles. The summed E-state index contributed by atoms with van der Waals surface area (Å²) in [5.74, 6) is 0.827. The highest BCUT2D eigenvalue weighted by Gasteiger charge is 2.20. The molecule has 1 aromatic carbocycles. The van der Waals surface area contributed by atoms with Gasteiger partial charge in [-0.25, -0.2) is 4.79 Å². The van der Waals surface area contributed by atoms with Crippen LogP contribution in [0.3, 0.4) is 0 Å². The van der Waals surface area contributed by atoms with Gasteiger partial charge in [-0.05, 0) is 57.2 Å². The van der Waals surface area contributed by atoms with E-state index in [2.05, 4.69) is 17.4 Å². The van der Waals surface area contributed by atoms with Gasteiger partial charge in [-0.2, -0.15) is 0 Å². The molecule has 1 fully saturated rings. The number of amides is 1. The lowest BCUT2D eigenvalue weighted by Crippen LogP contribution is -2.33. The van der Waals surface area contributed by atoms with Crippen molar-refractivity contribution in [2.45, 2.75) is 52.2 Å². The van der Waals surface area contributed by atoms with Crippen LogP contribution in [0.2, 0.25) is 0 Å². The Morgan fingerprint density at radius 3 is 2.68 bits per heavy atom. The third kappa shape index (κ3) is 5.24. The first kappa shape index (κ1) is 16.7. The lowest BCUT2D eigenvalue weighted by atomic mass is 9.85. The number of nitrogens with one attached hydrogen (secondary N) is 1. The molecule has 0 unspecified atom stereocenters. The van der Waals surface area contributed by atoms with Crippen LogP contribution in [0.1, 0.15) is 45.6 Å². The fourth-order valence-electron chi connectivity index (χ4n) is 2.42. The minimum Gasteiger partial charge on any atom is -0.444 e. The molecule has 1 aliphatic carbocycles. The molecule has 122 valence electrons. The lowest BCUT2D eigenvalue weighted by Gasteiger charge is -2.26. The number of carbonyl (C=O) groups excluding carboxylic acids is 1. The zero-order valence-electron chi connectivity index (χ0n) is 14.2. The van der Waals surface area contributed by atoms with Crippen molar-refractivity contribution in [2.24, 2.45) is 5.92 Å². The summed E-state index contributed by atoms with van der Waals surface area (Å²) in [6.07, 6.45) is 3.76. The Labute approximate surface area is 133 Å². The molecule has 0 saturated heterocycles. The van der Waals surface area contributed by atoms with E-state index < -0.39 is 5.60 Å². The average Bonchev–Trinajstić information content (AvgIpc) is 2.35. The van der Waals surface area contributed by atoms with E-state index in [4.69, 9.17) is 4.74 Å². The smallest absolute Gasteiger partial charge is 0.410 e. The van der Waals surface area contributed by atoms with Crippen molar-refractivity contribution in [3.63, 3.8) is 0 Å². The summed E-state index contributed by atoms with van der Waals surface area (Å²) in [5, 5.41) is 3.49. The van der Waals surface area contributed by atoms with E-state index in [-0.39, 0.29) is 6.09 Å². The van der Waals surface area contributed by atoms with Crippen LogP contribution in [0.15, 0.2) is 24.3 Å². The maximum atomic E-state index is 12.0. The van der Waals surface area contributed by atoms with Gasteiger partial charge in [0.05, 0.1) is 0 Å². The van der Waals surface area contributed by atoms with Gasteiger partial charge in [-0.1, -0.05) is 18.6 Å². The van der Waals surface area contributed by atoms with Crippen molar-refractivity contribution in [3.05, 3.63) is 29.8 Å². The van der Waals surface area contributed by atoms with Crippen molar-refractivity contribution >= 4 is 11.8 Å². The Morgan fingerprint density at radius 2 is 2.09 bits per heavy atom. The van der Waals surface area contributed by atoms with Crippen molar-refractivity contribution in [1.82, 2.24) is 4.90 Å². The van der Waals surface area contributed by atoms with Crippen LogP contribution in [0.25, 0.3) is 0 Å². The van der Waals surface area contributed by atoms with Crippen molar-refractivity contribution in [3.8, 4) is 0 Å². The number of anilines is 1. The zero-order valence-corrected chi connectivity index (χ0v) is 14.2. The molecule has 4 nitrogen and oxygen atoms in total. The molecule has 0 radical (unpaired) electrons. The molecule has 0 bridgehead atoms. The van der Waals surface area contributed by atoms with Gasteiger partial charge in [0.25, 0.3) is 0 Å². The van der Waals surface area contributed by atoms with E-state index in [1.54, 1.807) is 11.9 Å². The molecule has 0 aromatic heterocycles. The summed E-state index contributed by atoms with van der Waals surface area (Å²) in [5.41, 5.74) is 1.77. The fourth-order valence-corrected chi connectivity index (χ4v) is 2.42. The second-order valence-corrected chi connectivity index (χ2v) is 7.21. The Balaban J connectivity index is 1.87. The quantitative estimate of drug-likeness (QED) is 0.883. The number of carbonyl (C=O) groups is 1. The minimum atomic E-state index is -0.461. The second-order valence-electron chi connectivity index (χ2n) is 7.21. The second kappa shape index (κ2) is 7.03. The number of benzene rings is 1. The van der Waals surface area contributed by atoms with Gasteiger partial charge in [0, 0.05) is 25.8 Å². The van der Waals surface area contributed by atoms with Gasteiger partial charge in [0.15, 0.2) is 0 Å². The SMILES string of the molecule is CN(Cc1cccc(NCC2CCC2)c1)C(=O)OC(C)(C)C. The monoisotopic (exact) mass is 304 g/mol. The molecule has 0 aliphatic heterocycles. The highest BCUT2D eigenvalue weighted by molar-refractivity contribution is 5.67. The molecule has 0 heterocycles. The van der Waals surface area contributed by atoms with Crippen molar-refractivity contribution in [2.75, 3.05) is 18.9 Å². The largest absolute Gasteiger partial charge is 0.444 e. The summed E-state index contributed by atoms with van der Waals surface area (Å²) in [6, 6.07) is 8.26. The summed E-state index contributed by atoms with van der Waals surface area (Å²) in [6.45, 7) is 7.23. The molecule has 1 amide bonds. The van der Waals surface area contributed by atoms with E-state index in [1.807, 2.05) is 32.9 Å². The van der Waals surface area contributed by atoms with E-state index >= 15 is 0 Å². The number of hydrogen-bond donors (Lipinski definition) is 1. The molecule has 0 spiro atoms. The first-order valence-electron chi connectivity index (χ1n) is 8.10. The maximum Gasteiger partial charge on any atom is 0.410 e. The zero-order chi connectivity index (χ0) is 16.2. The maximum absolute atomic E-state index is 12.0. The number of ether oxygens (including phenoxy) is 1. The molecule has 1 aliphatic rings. The van der Waals surface area contributed by atoms with Crippen LogP contribution in [-0.4, -0.2) is 30.2 Å². The lowest BCUT2D eigenvalue weighted by molar-refractivity contribution is 0.0285. The standard InChI is InChI=1S/C18H28N2O2/c1-18(2,3)22-17(21)20(4)13-15-9-6-10-16(11-15)19-12-14-7-5-8-14/h6,9-11,14,19H,5,7-8,12-13H2,1-4H3. The van der Waals surface area contributed by atoms with Gasteiger partial charge in [0.1, 0.15) is 5.60 Å². The minimum absolute atomic E-state index is 0.291.